The van der Waals surface area contributed by atoms with Gasteiger partial charge in [0, 0.05) is 11.6 Å². The quantitative estimate of drug-likeness (QED) is 0.0554. The number of aromatic hydroxyl groups is 3. The highest BCUT2D eigenvalue weighted by Gasteiger charge is 2.47. The van der Waals surface area contributed by atoms with E-state index in [1.54, 1.807) is 0 Å². The Labute approximate surface area is 330 Å². The van der Waals surface area contributed by atoms with Crippen LogP contribution in [0.5, 0.6) is 23.0 Å². The number of aryl methyl sites for hydroxylation is 2. The maximum atomic E-state index is 14.1. The van der Waals surface area contributed by atoms with Crippen LogP contribution in [-0.2, 0) is 27.1 Å². The summed E-state index contributed by atoms with van der Waals surface area (Å²) in [6.07, 6.45) is -4.54. The Kier molecular flexibility index (Phi) is 16.8. The van der Waals surface area contributed by atoms with Gasteiger partial charge in [0.05, 0.1) is 18.8 Å². The molecule has 4 rings (SSSR count). The predicted octanol–water partition coefficient (Wildman–Crippen LogP) is 2.31. The molecule has 16 heteroatoms. The Balaban J connectivity index is 1.73. The summed E-state index contributed by atoms with van der Waals surface area (Å²) in [6.45, 7) is 2.51. The number of hydrogen-bond donors (Lipinski definition) is 10. The van der Waals surface area contributed by atoms with Crippen molar-refractivity contribution in [2.45, 2.75) is 140 Å². The van der Waals surface area contributed by atoms with E-state index in [0.29, 0.717) is 12.8 Å². The minimum absolute atomic E-state index is 0.142. The molecule has 57 heavy (non-hydrogen) atoms. The van der Waals surface area contributed by atoms with Crippen LogP contribution in [0.3, 0.4) is 0 Å². The summed E-state index contributed by atoms with van der Waals surface area (Å²) < 4.78 is 16.6. The van der Waals surface area contributed by atoms with Crippen molar-refractivity contribution < 1.29 is 79.7 Å². The van der Waals surface area contributed by atoms with Crippen molar-refractivity contribution in [3.05, 3.63) is 57.7 Å². The maximum Gasteiger partial charge on any atom is 0.347 e. The fourth-order valence-corrected chi connectivity index (χ4v) is 7.25. The molecular weight excluding hydrogens is 748 g/mol. The van der Waals surface area contributed by atoms with Crippen molar-refractivity contribution in [3.8, 4) is 23.0 Å². The SMILES string of the molecule is CCCCCCCc1cc(OC(=O)c2c(CCCCCCC)cc(O)c([C@@H]3O[C@H](CO)[C@@H](O)[C@H](O)[C@H]3O)c2O)cc(O)c1C(=O)O[C@@H]1C(=O)C(CO)=C[C@@H](O)[C@H]1O. The summed E-state index contributed by atoms with van der Waals surface area (Å²) in [7, 11) is 0. The number of ether oxygens (including phenoxy) is 3. The molecule has 8 atom stereocenters. The molecule has 0 unspecified atom stereocenters. The van der Waals surface area contributed by atoms with E-state index in [-0.39, 0.29) is 35.3 Å². The smallest absolute Gasteiger partial charge is 0.347 e. The fraction of sp³-hybridized carbons (Fsp3) is 0.585. The first-order valence-electron chi connectivity index (χ1n) is 19.6. The van der Waals surface area contributed by atoms with Crippen LogP contribution in [0, 0.1) is 0 Å². The highest BCUT2D eigenvalue weighted by atomic mass is 16.6. The summed E-state index contributed by atoms with van der Waals surface area (Å²) in [5.41, 5.74) is -1.31. The van der Waals surface area contributed by atoms with Crippen molar-refractivity contribution in [2.24, 2.45) is 0 Å². The molecule has 0 aromatic heterocycles. The van der Waals surface area contributed by atoms with Crippen LogP contribution in [0.15, 0.2) is 29.8 Å². The van der Waals surface area contributed by atoms with Crippen molar-refractivity contribution in [2.75, 3.05) is 13.2 Å². The Morgan fingerprint density at radius 3 is 1.88 bits per heavy atom. The van der Waals surface area contributed by atoms with Crippen LogP contribution >= 0.6 is 0 Å². The number of phenolic OH excluding ortho intramolecular Hbond substituents is 3. The molecule has 0 spiro atoms. The van der Waals surface area contributed by atoms with E-state index in [4.69, 9.17) is 14.2 Å². The predicted molar refractivity (Wildman–Crippen MR) is 202 cm³/mol. The molecule has 1 aliphatic heterocycles. The number of aliphatic hydroxyl groups is 7. The zero-order valence-corrected chi connectivity index (χ0v) is 32.2. The van der Waals surface area contributed by atoms with Crippen LogP contribution in [0.25, 0.3) is 0 Å². The summed E-state index contributed by atoms with van der Waals surface area (Å²) in [4.78, 5) is 40.5. The number of carbonyl (C=O) groups is 3. The monoisotopic (exact) mass is 804 g/mol. The van der Waals surface area contributed by atoms with Gasteiger partial charge in [-0.1, -0.05) is 65.2 Å². The van der Waals surface area contributed by atoms with E-state index in [0.717, 1.165) is 63.5 Å². The minimum atomic E-state index is -1.91. The number of phenols is 3. The molecule has 10 N–H and O–H groups in total. The number of hydrogen-bond acceptors (Lipinski definition) is 16. The lowest BCUT2D eigenvalue weighted by atomic mass is 9.87. The lowest BCUT2D eigenvalue weighted by Gasteiger charge is -2.40. The second-order valence-electron chi connectivity index (χ2n) is 14.7. The van der Waals surface area contributed by atoms with Crippen LogP contribution in [0.2, 0.25) is 0 Å². The van der Waals surface area contributed by atoms with E-state index < -0.39 is 114 Å². The third-order valence-electron chi connectivity index (χ3n) is 10.5. The molecule has 0 saturated carbocycles. The number of esters is 2. The molecule has 2 aromatic rings. The fourth-order valence-electron chi connectivity index (χ4n) is 7.25. The van der Waals surface area contributed by atoms with Gasteiger partial charge in [0.25, 0.3) is 0 Å². The second-order valence-corrected chi connectivity index (χ2v) is 14.7. The van der Waals surface area contributed by atoms with Gasteiger partial charge in [0.2, 0.25) is 5.78 Å². The first-order chi connectivity index (χ1) is 27.2. The molecule has 2 aromatic carbocycles. The van der Waals surface area contributed by atoms with Gasteiger partial charge < -0.3 is 65.3 Å². The first kappa shape index (κ1) is 45.6. The molecule has 2 aliphatic rings. The first-order valence-corrected chi connectivity index (χ1v) is 19.6. The van der Waals surface area contributed by atoms with Crippen LogP contribution in [-0.4, -0.2) is 125 Å². The second kappa shape index (κ2) is 21.0. The molecule has 0 bridgehead atoms. The summed E-state index contributed by atoms with van der Waals surface area (Å²) in [6, 6.07) is 3.42. The van der Waals surface area contributed by atoms with E-state index in [9.17, 15) is 65.4 Å². The van der Waals surface area contributed by atoms with E-state index in [1.165, 1.54) is 12.1 Å². The van der Waals surface area contributed by atoms with Gasteiger partial charge in [-0.15, -0.1) is 0 Å². The highest BCUT2D eigenvalue weighted by Crippen LogP contribution is 2.45. The van der Waals surface area contributed by atoms with Crippen LogP contribution in [0.1, 0.15) is 122 Å². The van der Waals surface area contributed by atoms with Gasteiger partial charge in [0.15, 0.2) is 6.10 Å². The lowest BCUT2D eigenvalue weighted by Crippen LogP contribution is -2.55. The Bertz CT molecular complexity index is 1740. The van der Waals surface area contributed by atoms with Crippen molar-refractivity contribution in [1.29, 1.82) is 0 Å². The molecule has 316 valence electrons. The van der Waals surface area contributed by atoms with Gasteiger partial charge in [-0.25, -0.2) is 9.59 Å². The summed E-state index contributed by atoms with van der Waals surface area (Å²) >= 11 is 0. The van der Waals surface area contributed by atoms with Gasteiger partial charge >= 0.3 is 11.9 Å². The zero-order valence-electron chi connectivity index (χ0n) is 32.2. The molecule has 0 amide bonds. The highest BCUT2D eigenvalue weighted by molar-refractivity contribution is 6.03. The van der Waals surface area contributed by atoms with Crippen LogP contribution in [0.4, 0.5) is 0 Å². The maximum absolute atomic E-state index is 14.1. The standard InChI is InChI=1S/C41H56O16/c1-3-5-7-9-11-13-21-15-24(18-26(45)29(21)40(53)57-39-32(47)23(19-42)17-27(46)33(39)48)55-41(54)30-22(14-12-10-8-6-4-2)16-25(44)31(35(30)50)38-37(52)36(51)34(49)28(20-43)56-38/h15-18,27-28,33-34,36-39,42-46,48-52H,3-14,19-20H2,1-2H3/t27-,28-,33-,34-,36+,37-,38+,39-/m1/s1. The molecular formula is C41H56O16. The van der Waals surface area contributed by atoms with Crippen molar-refractivity contribution in [1.82, 2.24) is 0 Å². The molecule has 16 nitrogen and oxygen atoms in total. The Morgan fingerprint density at radius 2 is 1.30 bits per heavy atom. The zero-order chi connectivity index (χ0) is 42.0. The molecule has 0 radical (unpaired) electrons. The van der Waals surface area contributed by atoms with Gasteiger partial charge in [-0.05, 0) is 55.0 Å². The topological polar surface area (TPSA) is 281 Å². The average Bonchev–Trinajstić information content (AvgIpc) is 3.17. The third kappa shape index (κ3) is 10.7. The lowest BCUT2D eigenvalue weighted by molar-refractivity contribution is -0.232. The van der Waals surface area contributed by atoms with Gasteiger partial charge in [-0.3, -0.25) is 4.79 Å². The summed E-state index contributed by atoms with van der Waals surface area (Å²) in [5, 5.41) is 105. The molecule has 1 fully saturated rings. The van der Waals surface area contributed by atoms with Crippen LogP contribution < -0.4 is 4.74 Å². The number of unbranched alkanes of at least 4 members (excludes halogenated alkanes) is 8. The Morgan fingerprint density at radius 1 is 0.702 bits per heavy atom. The number of benzene rings is 2. The summed E-state index contributed by atoms with van der Waals surface area (Å²) in [5.74, 6) is -5.79. The molecule has 1 aliphatic carbocycles. The Hall–Kier alpha value is -4.13. The normalized spacial score (nSPS) is 24.9. The van der Waals surface area contributed by atoms with E-state index >= 15 is 0 Å². The number of Topliss-reactive ketones (excluding diaryl/α,β-unsaturated/α-hetero) is 1. The van der Waals surface area contributed by atoms with E-state index in [1.807, 2.05) is 13.8 Å². The van der Waals surface area contributed by atoms with Gasteiger partial charge in [0.1, 0.15) is 76.9 Å². The molecule has 1 heterocycles. The van der Waals surface area contributed by atoms with Crippen molar-refractivity contribution in [3.63, 3.8) is 0 Å². The number of aliphatic hydroxyl groups excluding tert-OH is 7. The number of rotatable bonds is 19. The van der Waals surface area contributed by atoms with E-state index in [2.05, 4.69) is 0 Å². The largest absolute Gasteiger partial charge is 0.507 e. The third-order valence-corrected chi connectivity index (χ3v) is 10.5. The molecule has 1 saturated heterocycles. The van der Waals surface area contributed by atoms with Crippen molar-refractivity contribution >= 4 is 17.7 Å². The number of ketones is 1. The van der Waals surface area contributed by atoms with Gasteiger partial charge in [-0.2, -0.15) is 0 Å². The number of carbonyl (C=O) groups excluding carboxylic acids is 3. The minimum Gasteiger partial charge on any atom is -0.507 e. The average molecular weight is 805 g/mol.